The molecule has 2 aromatic carbocycles. The minimum absolute atomic E-state index is 0. The van der Waals surface area contributed by atoms with Crippen LogP contribution in [0, 0.1) is 5.82 Å². The van der Waals surface area contributed by atoms with Gasteiger partial charge in [-0.3, -0.25) is 0 Å². The van der Waals surface area contributed by atoms with Crippen molar-refractivity contribution in [2.45, 2.75) is 12.5 Å². The fourth-order valence-electron chi connectivity index (χ4n) is 1.89. The summed E-state index contributed by atoms with van der Waals surface area (Å²) in [7, 11) is 0. The van der Waals surface area contributed by atoms with Crippen molar-refractivity contribution in [3.8, 4) is 11.1 Å². The average Bonchev–Trinajstić information content (AvgIpc) is 2.40. The van der Waals surface area contributed by atoms with Crippen LogP contribution in [0.15, 0.2) is 48.5 Å². The Bertz CT molecular complexity index is 516. The first-order chi connectivity index (χ1) is 8.69. The summed E-state index contributed by atoms with van der Waals surface area (Å²) in [5, 5.41) is 8.95. The van der Waals surface area contributed by atoms with E-state index in [1.165, 1.54) is 12.1 Å². The van der Waals surface area contributed by atoms with E-state index in [2.05, 4.69) is 0 Å². The number of aliphatic hydroxyl groups is 1. The molecule has 0 aliphatic rings. The molecule has 0 radical (unpaired) electrons. The molecule has 0 spiro atoms. The Kier molecular flexibility index (Phi) is 5.96. The highest BCUT2D eigenvalue weighted by Crippen LogP contribution is 2.21. The molecule has 0 heterocycles. The third-order valence-corrected chi connectivity index (χ3v) is 2.84. The second-order valence-corrected chi connectivity index (χ2v) is 4.35. The maximum Gasteiger partial charge on any atom is 0.123 e. The molecular formula is C15H17ClFNO. The van der Waals surface area contributed by atoms with Crippen LogP contribution in [0.25, 0.3) is 11.1 Å². The van der Waals surface area contributed by atoms with E-state index in [4.69, 9.17) is 10.8 Å². The Morgan fingerprint density at radius 1 is 1.05 bits per heavy atom. The lowest BCUT2D eigenvalue weighted by Crippen LogP contribution is -2.26. The van der Waals surface area contributed by atoms with Gasteiger partial charge in [0.15, 0.2) is 0 Å². The van der Waals surface area contributed by atoms with Crippen LogP contribution in [0.5, 0.6) is 0 Å². The SMILES string of the molecule is Cl.NC(CO)Cc1cccc(-c2ccc(F)cc2)c1. The van der Waals surface area contributed by atoms with Gasteiger partial charge in [-0.05, 0) is 35.2 Å². The van der Waals surface area contributed by atoms with E-state index >= 15 is 0 Å². The van der Waals surface area contributed by atoms with Crippen molar-refractivity contribution < 1.29 is 9.50 Å². The van der Waals surface area contributed by atoms with E-state index in [0.29, 0.717) is 6.42 Å². The van der Waals surface area contributed by atoms with Crippen molar-refractivity contribution in [2.24, 2.45) is 5.73 Å². The summed E-state index contributed by atoms with van der Waals surface area (Å²) < 4.78 is 12.9. The summed E-state index contributed by atoms with van der Waals surface area (Å²) in [6, 6.07) is 14.1. The van der Waals surface area contributed by atoms with Gasteiger partial charge in [0.2, 0.25) is 0 Å². The molecule has 0 aliphatic heterocycles. The van der Waals surface area contributed by atoms with Crippen molar-refractivity contribution in [1.82, 2.24) is 0 Å². The minimum atomic E-state index is -0.242. The van der Waals surface area contributed by atoms with Gasteiger partial charge in [0.25, 0.3) is 0 Å². The summed E-state index contributed by atoms with van der Waals surface area (Å²) >= 11 is 0. The molecule has 19 heavy (non-hydrogen) atoms. The summed E-state index contributed by atoms with van der Waals surface area (Å²) in [5.41, 5.74) is 8.78. The topological polar surface area (TPSA) is 46.2 Å². The van der Waals surface area contributed by atoms with E-state index in [0.717, 1.165) is 16.7 Å². The first kappa shape index (κ1) is 15.6. The van der Waals surface area contributed by atoms with Gasteiger partial charge >= 0.3 is 0 Å². The Balaban J connectivity index is 0.00000180. The van der Waals surface area contributed by atoms with Crippen LogP contribution in [0.4, 0.5) is 4.39 Å². The third kappa shape index (κ3) is 4.31. The largest absolute Gasteiger partial charge is 0.395 e. The molecule has 0 saturated carbocycles. The molecule has 102 valence electrons. The molecule has 2 aromatic rings. The molecule has 1 unspecified atom stereocenters. The highest BCUT2D eigenvalue weighted by atomic mass is 35.5. The molecular weight excluding hydrogens is 265 g/mol. The molecule has 0 aromatic heterocycles. The van der Waals surface area contributed by atoms with Gasteiger partial charge in [-0.15, -0.1) is 12.4 Å². The molecule has 0 fully saturated rings. The monoisotopic (exact) mass is 281 g/mol. The number of aliphatic hydroxyl groups excluding tert-OH is 1. The van der Waals surface area contributed by atoms with Crippen LogP contribution in [-0.4, -0.2) is 17.8 Å². The first-order valence-corrected chi connectivity index (χ1v) is 5.90. The number of hydrogen-bond donors (Lipinski definition) is 2. The van der Waals surface area contributed by atoms with E-state index in [-0.39, 0.29) is 30.9 Å². The van der Waals surface area contributed by atoms with Gasteiger partial charge in [-0.2, -0.15) is 0 Å². The summed E-state index contributed by atoms with van der Waals surface area (Å²) in [6.07, 6.45) is 0.630. The number of hydrogen-bond acceptors (Lipinski definition) is 2. The van der Waals surface area contributed by atoms with Gasteiger partial charge in [0.1, 0.15) is 5.82 Å². The van der Waals surface area contributed by atoms with Crippen molar-refractivity contribution >= 4 is 12.4 Å². The maximum absolute atomic E-state index is 12.9. The predicted octanol–water partition coefficient (Wildman–Crippen LogP) is 2.78. The Morgan fingerprint density at radius 2 is 1.74 bits per heavy atom. The summed E-state index contributed by atoms with van der Waals surface area (Å²) in [6.45, 7) is -0.0270. The van der Waals surface area contributed by atoms with Crippen LogP contribution in [-0.2, 0) is 6.42 Å². The van der Waals surface area contributed by atoms with Gasteiger partial charge in [-0.25, -0.2) is 4.39 Å². The fraction of sp³-hybridized carbons (Fsp3) is 0.200. The number of halogens is 2. The van der Waals surface area contributed by atoms with Crippen LogP contribution in [0.1, 0.15) is 5.56 Å². The number of nitrogens with two attached hydrogens (primary N) is 1. The van der Waals surface area contributed by atoms with Gasteiger partial charge in [0, 0.05) is 6.04 Å². The van der Waals surface area contributed by atoms with Crippen molar-refractivity contribution in [1.29, 1.82) is 0 Å². The molecule has 0 saturated heterocycles. The van der Waals surface area contributed by atoms with Crippen molar-refractivity contribution in [3.63, 3.8) is 0 Å². The highest BCUT2D eigenvalue weighted by molar-refractivity contribution is 5.85. The van der Waals surface area contributed by atoms with E-state index in [1.807, 2.05) is 24.3 Å². The summed E-state index contributed by atoms with van der Waals surface area (Å²) in [4.78, 5) is 0. The van der Waals surface area contributed by atoms with Gasteiger partial charge in [0.05, 0.1) is 6.61 Å². The van der Waals surface area contributed by atoms with Crippen LogP contribution < -0.4 is 5.73 Å². The van der Waals surface area contributed by atoms with E-state index in [1.54, 1.807) is 12.1 Å². The second kappa shape index (κ2) is 7.24. The zero-order valence-electron chi connectivity index (χ0n) is 10.4. The highest BCUT2D eigenvalue weighted by Gasteiger charge is 2.04. The lowest BCUT2D eigenvalue weighted by molar-refractivity contribution is 0.265. The van der Waals surface area contributed by atoms with E-state index < -0.39 is 0 Å². The quantitative estimate of drug-likeness (QED) is 0.905. The lowest BCUT2D eigenvalue weighted by Gasteiger charge is -2.09. The Hall–Kier alpha value is -1.42. The zero-order chi connectivity index (χ0) is 13.0. The Labute approximate surface area is 118 Å². The number of rotatable bonds is 4. The smallest absolute Gasteiger partial charge is 0.123 e. The van der Waals surface area contributed by atoms with Crippen molar-refractivity contribution in [2.75, 3.05) is 6.61 Å². The van der Waals surface area contributed by atoms with Crippen LogP contribution in [0.3, 0.4) is 0 Å². The molecule has 3 N–H and O–H groups in total. The molecule has 0 aliphatic carbocycles. The Morgan fingerprint density at radius 3 is 2.37 bits per heavy atom. The summed E-state index contributed by atoms with van der Waals surface area (Å²) in [5.74, 6) is -0.239. The van der Waals surface area contributed by atoms with Crippen LogP contribution in [0.2, 0.25) is 0 Å². The standard InChI is InChI=1S/C15H16FNO.ClH/c16-14-6-4-12(5-7-14)13-3-1-2-11(8-13)9-15(17)10-18;/h1-8,15,18H,9-10,17H2;1H. The molecule has 2 nitrogen and oxygen atoms in total. The first-order valence-electron chi connectivity index (χ1n) is 5.90. The second-order valence-electron chi connectivity index (χ2n) is 4.35. The normalized spacial score (nSPS) is 11.7. The maximum atomic E-state index is 12.9. The minimum Gasteiger partial charge on any atom is -0.395 e. The van der Waals surface area contributed by atoms with Gasteiger partial charge in [-0.1, -0.05) is 36.4 Å². The van der Waals surface area contributed by atoms with Gasteiger partial charge < -0.3 is 10.8 Å². The lowest BCUT2D eigenvalue weighted by atomic mass is 10.00. The number of benzene rings is 2. The van der Waals surface area contributed by atoms with Crippen molar-refractivity contribution in [3.05, 3.63) is 59.9 Å². The third-order valence-electron chi connectivity index (χ3n) is 2.84. The zero-order valence-corrected chi connectivity index (χ0v) is 11.2. The molecule has 0 amide bonds. The average molecular weight is 282 g/mol. The predicted molar refractivity (Wildman–Crippen MR) is 77.8 cm³/mol. The van der Waals surface area contributed by atoms with E-state index in [9.17, 15) is 4.39 Å². The molecule has 4 heteroatoms. The van der Waals surface area contributed by atoms with Crippen LogP contribution >= 0.6 is 12.4 Å². The molecule has 0 bridgehead atoms. The molecule has 1 atom stereocenters. The fourth-order valence-corrected chi connectivity index (χ4v) is 1.89. The molecule has 2 rings (SSSR count).